The molecule has 0 aliphatic rings. The standard InChI is InChI=1S/C12H15F3N4/c1-3-19(7-8(2)6-16)11-5-9(12(13,14)15)4-10(17)18-11/h4-5,8H,3,7H2,1-2H3,(H2,17,18). The molecule has 19 heavy (non-hydrogen) atoms. The summed E-state index contributed by atoms with van der Waals surface area (Å²) in [6.45, 7) is 4.22. The highest BCUT2D eigenvalue weighted by molar-refractivity contribution is 5.49. The van der Waals surface area contributed by atoms with Crippen LogP contribution in [0.4, 0.5) is 24.8 Å². The lowest BCUT2D eigenvalue weighted by atomic mass is 10.2. The maximum absolute atomic E-state index is 12.7. The van der Waals surface area contributed by atoms with Crippen molar-refractivity contribution in [1.82, 2.24) is 4.98 Å². The minimum Gasteiger partial charge on any atom is -0.384 e. The van der Waals surface area contributed by atoms with E-state index in [0.29, 0.717) is 13.1 Å². The van der Waals surface area contributed by atoms with Gasteiger partial charge in [0.25, 0.3) is 0 Å². The summed E-state index contributed by atoms with van der Waals surface area (Å²) < 4.78 is 38.1. The first-order valence-electron chi connectivity index (χ1n) is 5.77. The highest BCUT2D eigenvalue weighted by atomic mass is 19.4. The van der Waals surface area contributed by atoms with Gasteiger partial charge in [0.05, 0.1) is 17.6 Å². The maximum Gasteiger partial charge on any atom is 0.416 e. The van der Waals surface area contributed by atoms with E-state index in [9.17, 15) is 13.2 Å². The number of nitriles is 1. The van der Waals surface area contributed by atoms with Crippen LogP contribution in [0, 0.1) is 17.2 Å². The van der Waals surface area contributed by atoms with Gasteiger partial charge in [0, 0.05) is 13.1 Å². The van der Waals surface area contributed by atoms with Crippen LogP contribution < -0.4 is 10.6 Å². The number of halogens is 3. The Bertz CT molecular complexity index is 479. The van der Waals surface area contributed by atoms with Crippen LogP contribution in [0.5, 0.6) is 0 Å². The fourth-order valence-corrected chi connectivity index (χ4v) is 1.62. The number of pyridine rings is 1. The molecule has 1 rings (SSSR count). The van der Waals surface area contributed by atoms with E-state index in [2.05, 4.69) is 4.98 Å². The van der Waals surface area contributed by atoms with Crippen LogP contribution in [0.2, 0.25) is 0 Å². The van der Waals surface area contributed by atoms with Gasteiger partial charge in [0.1, 0.15) is 11.6 Å². The van der Waals surface area contributed by atoms with Gasteiger partial charge in [-0.3, -0.25) is 0 Å². The van der Waals surface area contributed by atoms with Crippen LogP contribution >= 0.6 is 0 Å². The quantitative estimate of drug-likeness (QED) is 0.915. The Morgan fingerprint density at radius 3 is 2.58 bits per heavy atom. The normalized spacial score (nSPS) is 12.8. The summed E-state index contributed by atoms with van der Waals surface area (Å²) in [5, 5.41) is 8.76. The van der Waals surface area contributed by atoms with Gasteiger partial charge in [-0.15, -0.1) is 0 Å². The number of rotatable bonds is 4. The van der Waals surface area contributed by atoms with E-state index in [-0.39, 0.29) is 17.6 Å². The fraction of sp³-hybridized carbons (Fsp3) is 0.500. The lowest BCUT2D eigenvalue weighted by molar-refractivity contribution is -0.137. The van der Waals surface area contributed by atoms with E-state index in [4.69, 9.17) is 11.0 Å². The summed E-state index contributed by atoms with van der Waals surface area (Å²) in [6, 6.07) is 3.78. The Kier molecular flexibility index (Phi) is 4.59. The molecular formula is C12H15F3N4. The molecule has 0 spiro atoms. The topological polar surface area (TPSA) is 65.9 Å². The minimum atomic E-state index is -4.47. The summed E-state index contributed by atoms with van der Waals surface area (Å²) in [7, 11) is 0. The van der Waals surface area contributed by atoms with Gasteiger partial charge in [0.15, 0.2) is 0 Å². The minimum absolute atomic E-state index is 0.136. The van der Waals surface area contributed by atoms with Gasteiger partial charge in [-0.2, -0.15) is 18.4 Å². The molecule has 0 saturated carbocycles. The van der Waals surface area contributed by atoms with Crippen molar-refractivity contribution in [3.05, 3.63) is 17.7 Å². The van der Waals surface area contributed by atoms with Crippen molar-refractivity contribution in [3.8, 4) is 6.07 Å². The second-order valence-electron chi connectivity index (χ2n) is 4.21. The molecule has 1 aromatic rings. The first-order chi connectivity index (χ1) is 8.77. The van der Waals surface area contributed by atoms with E-state index in [1.165, 1.54) is 0 Å². The van der Waals surface area contributed by atoms with Crippen molar-refractivity contribution < 1.29 is 13.2 Å². The van der Waals surface area contributed by atoms with E-state index < -0.39 is 11.7 Å². The van der Waals surface area contributed by atoms with Crippen LogP contribution in [-0.4, -0.2) is 18.1 Å². The number of nitrogens with two attached hydrogens (primary N) is 1. The number of alkyl halides is 3. The van der Waals surface area contributed by atoms with Gasteiger partial charge in [-0.1, -0.05) is 0 Å². The Hall–Kier alpha value is -1.97. The molecule has 104 valence electrons. The summed E-state index contributed by atoms with van der Waals surface area (Å²) in [6.07, 6.45) is -4.47. The van der Waals surface area contributed by atoms with Crippen LogP contribution in [0.15, 0.2) is 12.1 Å². The molecule has 1 unspecified atom stereocenters. The monoisotopic (exact) mass is 272 g/mol. The number of anilines is 2. The second kappa shape index (κ2) is 5.78. The Labute approximate surface area is 109 Å². The largest absolute Gasteiger partial charge is 0.416 e. The summed E-state index contributed by atoms with van der Waals surface area (Å²) in [5.74, 6) is -0.359. The van der Waals surface area contributed by atoms with Gasteiger partial charge in [0.2, 0.25) is 0 Å². The average Bonchev–Trinajstić information content (AvgIpc) is 2.33. The van der Waals surface area contributed by atoms with E-state index in [1.54, 1.807) is 18.7 Å². The number of hydrogen-bond donors (Lipinski definition) is 1. The maximum atomic E-state index is 12.7. The third kappa shape index (κ3) is 4.02. The molecule has 0 aliphatic carbocycles. The molecule has 0 aliphatic heterocycles. The van der Waals surface area contributed by atoms with Crippen molar-refractivity contribution in [3.63, 3.8) is 0 Å². The molecule has 0 saturated heterocycles. The summed E-state index contributed by atoms with van der Waals surface area (Å²) in [4.78, 5) is 5.50. The molecule has 1 aromatic heterocycles. The lowest BCUT2D eigenvalue weighted by Crippen LogP contribution is -2.29. The number of nitrogens with zero attached hydrogens (tertiary/aromatic N) is 3. The second-order valence-corrected chi connectivity index (χ2v) is 4.21. The average molecular weight is 272 g/mol. The number of aromatic nitrogens is 1. The van der Waals surface area contributed by atoms with E-state index in [1.807, 2.05) is 6.07 Å². The van der Waals surface area contributed by atoms with Gasteiger partial charge < -0.3 is 10.6 Å². The molecule has 7 heteroatoms. The predicted octanol–water partition coefficient (Wildman–Crippen LogP) is 2.67. The van der Waals surface area contributed by atoms with Gasteiger partial charge >= 0.3 is 6.18 Å². The van der Waals surface area contributed by atoms with E-state index in [0.717, 1.165) is 12.1 Å². The predicted molar refractivity (Wildman–Crippen MR) is 66.3 cm³/mol. The third-order valence-electron chi connectivity index (χ3n) is 2.58. The molecule has 0 aromatic carbocycles. The fourth-order valence-electron chi connectivity index (χ4n) is 1.62. The van der Waals surface area contributed by atoms with Crippen molar-refractivity contribution in [2.75, 3.05) is 23.7 Å². The van der Waals surface area contributed by atoms with Crippen LogP contribution in [0.1, 0.15) is 19.4 Å². The molecule has 0 fully saturated rings. The van der Waals surface area contributed by atoms with Gasteiger partial charge in [-0.25, -0.2) is 4.98 Å². The molecule has 0 radical (unpaired) electrons. The van der Waals surface area contributed by atoms with Gasteiger partial charge in [-0.05, 0) is 26.0 Å². The third-order valence-corrected chi connectivity index (χ3v) is 2.58. The molecule has 0 bridgehead atoms. The Morgan fingerprint density at radius 2 is 2.11 bits per heavy atom. The number of hydrogen-bond acceptors (Lipinski definition) is 4. The molecule has 4 nitrogen and oxygen atoms in total. The van der Waals surface area contributed by atoms with E-state index >= 15 is 0 Å². The number of nitrogen functional groups attached to an aromatic ring is 1. The first-order valence-corrected chi connectivity index (χ1v) is 5.77. The molecule has 1 atom stereocenters. The van der Waals surface area contributed by atoms with Crippen LogP contribution in [-0.2, 0) is 6.18 Å². The van der Waals surface area contributed by atoms with Crippen molar-refractivity contribution >= 4 is 11.6 Å². The van der Waals surface area contributed by atoms with Crippen molar-refractivity contribution in [2.24, 2.45) is 5.92 Å². The molecular weight excluding hydrogens is 257 g/mol. The van der Waals surface area contributed by atoms with Crippen molar-refractivity contribution in [2.45, 2.75) is 20.0 Å². The Morgan fingerprint density at radius 1 is 1.47 bits per heavy atom. The first kappa shape index (κ1) is 15.1. The smallest absolute Gasteiger partial charge is 0.384 e. The summed E-state index contributed by atoms with van der Waals surface area (Å²) in [5.41, 5.74) is 4.57. The zero-order valence-electron chi connectivity index (χ0n) is 10.7. The molecule has 2 N–H and O–H groups in total. The lowest BCUT2D eigenvalue weighted by Gasteiger charge is -2.24. The zero-order valence-corrected chi connectivity index (χ0v) is 10.7. The highest BCUT2D eigenvalue weighted by Gasteiger charge is 2.32. The SMILES string of the molecule is CCN(CC(C)C#N)c1cc(C(F)(F)F)cc(N)n1. The van der Waals surface area contributed by atoms with Crippen LogP contribution in [0.25, 0.3) is 0 Å². The van der Waals surface area contributed by atoms with Crippen molar-refractivity contribution in [1.29, 1.82) is 5.26 Å². The Balaban J connectivity index is 3.11. The zero-order chi connectivity index (χ0) is 14.6. The highest BCUT2D eigenvalue weighted by Crippen LogP contribution is 2.32. The summed E-state index contributed by atoms with van der Waals surface area (Å²) >= 11 is 0. The molecule has 1 heterocycles. The van der Waals surface area contributed by atoms with Crippen LogP contribution in [0.3, 0.4) is 0 Å². The molecule has 0 amide bonds.